The molecule has 0 aromatic carbocycles. The molecule has 2 saturated heterocycles. The van der Waals surface area contributed by atoms with Gasteiger partial charge in [0.25, 0.3) is 0 Å². The SMILES string of the molecule is CCOP(=O)(O)C1CCCC(C)[N-]1.CCOP(=O)(O)C1CCCC(C)[N-]1.[Cu+2]. The minimum Gasteiger partial charge on any atom is -0.647 e. The molecule has 165 valence electrons. The zero-order valence-corrected chi connectivity index (χ0v) is 19.3. The minimum atomic E-state index is -3.47. The standard InChI is InChI=1S/2C8H17NO3P.Cu/c2*1-3-12-13(10,11)8-6-4-5-7(2)9-8;/h2*7-8H,3-6H2,1-2H3,(H,10,11);/q2*-1;+2. The maximum atomic E-state index is 11.6. The zero-order valence-electron chi connectivity index (χ0n) is 16.6. The van der Waals surface area contributed by atoms with Crippen molar-refractivity contribution in [2.45, 2.75) is 89.9 Å². The summed E-state index contributed by atoms with van der Waals surface area (Å²) in [5, 5.41) is 8.47. The molecule has 0 aromatic rings. The van der Waals surface area contributed by atoms with E-state index in [9.17, 15) is 18.9 Å². The summed E-state index contributed by atoms with van der Waals surface area (Å²) < 4.78 is 32.8. The number of rotatable bonds is 6. The average Bonchev–Trinajstić information content (AvgIpc) is 2.55. The largest absolute Gasteiger partial charge is 2.00 e. The first-order valence-corrected chi connectivity index (χ1v) is 12.8. The molecule has 0 aromatic heterocycles. The van der Waals surface area contributed by atoms with Gasteiger partial charge in [-0.3, -0.25) is 9.13 Å². The summed E-state index contributed by atoms with van der Waals surface area (Å²) in [7, 11) is -6.94. The third kappa shape index (κ3) is 9.86. The molecule has 8 nitrogen and oxygen atoms in total. The second kappa shape index (κ2) is 13.1. The van der Waals surface area contributed by atoms with Gasteiger partial charge in [-0.25, -0.2) is 0 Å². The Labute approximate surface area is 174 Å². The maximum Gasteiger partial charge on any atom is 2.00 e. The van der Waals surface area contributed by atoms with Gasteiger partial charge in [0.1, 0.15) is 0 Å². The van der Waals surface area contributed by atoms with Gasteiger partial charge in [-0.1, -0.05) is 52.4 Å². The molecule has 27 heavy (non-hydrogen) atoms. The molecule has 0 spiro atoms. The van der Waals surface area contributed by atoms with Crippen molar-refractivity contribution in [3.8, 4) is 0 Å². The first-order valence-electron chi connectivity index (χ1n) is 9.46. The van der Waals surface area contributed by atoms with Crippen LogP contribution < -0.4 is 0 Å². The quantitative estimate of drug-likeness (QED) is 0.413. The third-order valence-corrected chi connectivity index (χ3v) is 7.95. The van der Waals surface area contributed by atoms with E-state index in [-0.39, 0.29) is 42.4 Å². The Morgan fingerprint density at radius 1 is 0.815 bits per heavy atom. The van der Waals surface area contributed by atoms with Crippen molar-refractivity contribution in [2.75, 3.05) is 13.2 Å². The Morgan fingerprint density at radius 2 is 1.15 bits per heavy atom. The number of hydrogen-bond donors (Lipinski definition) is 2. The van der Waals surface area contributed by atoms with Crippen LogP contribution in [0, 0.1) is 0 Å². The van der Waals surface area contributed by atoms with Crippen molar-refractivity contribution in [2.24, 2.45) is 0 Å². The molecule has 0 saturated carbocycles. The average molecular weight is 476 g/mol. The molecule has 2 rings (SSSR count). The van der Waals surface area contributed by atoms with Gasteiger partial charge in [0.2, 0.25) is 0 Å². The van der Waals surface area contributed by atoms with Gasteiger partial charge in [0.15, 0.2) is 0 Å². The van der Waals surface area contributed by atoms with Crippen molar-refractivity contribution < 1.29 is 45.0 Å². The molecule has 1 radical (unpaired) electrons. The molecule has 2 aliphatic rings. The van der Waals surface area contributed by atoms with E-state index < -0.39 is 26.8 Å². The first kappa shape index (κ1) is 27.7. The Hall–Kier alpha value is 0.739. The van der Waals surface area contributed by atoms with E-state index >= 15 is 0 Å². The molecule has 0 aliphatic carbocycles. The first-order chi connectivity index (χ1) is 12.1. The molecule has 0 bridgehead atoms. The molecule has 2 fully saturated rings. The van der Waals surface area contributed by atoms with Crippen LogP contribution in [-0.2, 0) is 35.2 Å². The summed E-state index contributed by atoms with van der Waals surface area (Å²) in [5.74, 6) is -0.979. The van der Waals surface area contributed by atoms with Crippen LogP contribution in [-0.4, -0.2) is 46.7 Å². The molecule has 11 heteroatoms. The summed E-state index contributed by atoms with van der Waals surface area (Å²) in [4.78, 5) is 19.0. The van der Waals surface area contributed by atoms with Crippen LogP contribution in [0.4, 0.5) is 0 Å². The van der Waals surface area contributed by atoms with Gasteiger partial charge in [-0.15, -0.1) is 12.1 Å². The van der Waals surface area contributed by atoms with Crippen molar-refractivity contribution in [1.29, 1.82) is 0 Å². The molecule has 6 unspecified atom stereocenters. The van der Waals surface area contributed by atoms with E-state index in [0.29, 0.717) is 12.8 Å². The summed E-state index contributed by atoms with van der Waals surface area (Å²) in [6.45, 7) is 7.92. The fraction of sp³-hybridized carbons (Fsp3) is 1.00. The van der Waals surface area contributed by atoms with E-state index in [2.05, 4.69) is 10.6 Å². The second-order valence-corrected chi connectivity index (χ2v) is 10.7. The van der Waals surface area contributed by atoms with Crippen LogP contribution in [0.3, 0.4) is 0 Å². The molecule has 2 N–H and O–H groups in total. The van der Waals surface area contributed by atoms with Gasteiger partial charge in [-0.05, 0) is 25.4 Å². The normalized spacial score (nSPS) is 32.8. The van der Waals surface area contributed by atoms with E-state index in [1.807, 2.05) is 13.8 Å². The van der Waals surface area contributed by atoms with Gasteiger partial charge < -0.3 is 29.5 Å². The van der Waals surface area contributed by atoms with Gasteiger partial charge >= 0.3 is 32.3 Å². The second-order valence-electron chi connectivity index (χ2n) is 6.78. The topological polar surface area (TPSA) is 121 Å². The molecular formula is C16H34CuN2O6P2. The van der Waals surface area contributed by atoms with Gasteiger partial charge in [0.05, 0.1) is 13.2 Å². The van der Waals surface area contributed by atoms with Crippen molar-refractivity contribution >= 4 is 15.2 Å². The Kier molecular flexibility index (Phi) is 13.5. The fourth-order valence-corrected chi connectivity index (χ4v) is 6.01. The van der Waals surface area contributed by atoms with Crippen LogP contribution in [0.5, 0.6) is 0 Å². The monoisotopic (exact) mass is 475 g/mol. The molecule has 6 atom stereocenters. The zero-order chi connectivity index (χ0) is 19.8. The molecule has 2 aliphatic heterocycles. The number of nitrogens with zero attached hydrogens (tertiary/aromatic N) is 2. The summed E-state index contributed by atoms with van der Waals surface area (Å²) in [5.41, 5.74) is 0. The fourth-order valence-electron chi connectivity index (χ4n) is 3.11. The van der Waals surface area contributed by atoms with E-state index in [4.69, 9.17) is 9.05 Å². The van der Waals surface area contributed by atoms with E-state index in [1.54, 1.807) is 13.8 Å². The smallest absolute Gasteiger partial charge is 0.647 e. The maximum absolute atomic E-state index is 11.6. The van der Waals surface area contributed by atoms with E-state index in [1.165, 1.54) is 0 Å². The van der Waals surface area contributed by atoms with Crippen molar-refractivity contribution in [1.82, 2.24) is 0 Å². The van der Waals surface area contributed by atoms with Crippen LogP contribution >= 0.6 is 15.2 Å². The number of piperidine rings is 2. The van der Waals surface area contributed by atoms with Crippen LogP contribution in [0.25, 0.3) is 10.6 Å². The van der Waals surface area contributed by atoms with Gasteiger partial charge in [0, 0.05) is 0 Å². The van der Waals surface area contributed by atoms with Crippen LogP contribution in [0.15, 0.2) is 0 Å². The molecular weight excluding hydrogens is 442 g/mol. The predicted molar refractivity (Wildman–Crippen MR) is 104 cm³/mol. The minimum absolute atomic E-state index is 0. The molecule has 0 amide bonds. The summed E-state index contributed by atoms with van der Waals surface area (Å²) in [6, 6.07) is 0.388. The summed E-state index contributed by atoms with van der Waals surface area (Å²) in [6.07, 6.45) is 5.32. The Bertz CT molecular complexity index is 469. The van der Waals surface area contributed by atoms with Crippen LogP contribution in [0.1, 0.15) is 66.2 Å². The van der Waals surface area contributed by atoms with Crippen molar-refractivity contribution in [3.05, 3.63) is 10.6 Å². The Balaban J connectivity index is 0.000000483. The third-order valence-electron chi connectivity index (χ3n) is 4.40. The van der Waals surface area contributed by atoms with Crippen LogP contribution in [0.2, 0.25) is 0 Å². The van der Waals surface area contributed by atoms with Crippen molar-refractivity contribution in [3.63, 3.8) is 0 Å². The number of hydrogen-bond acceptors (Lipinski definition) is 4. The Morgan fingerprint density at radius 3 is 1.41 bits per heavy atom. The summed E-state index contributed by atoms with van der Waals surface area (Å²) >= 11 is 0. The van der Waals surface area contributed by atoms with Gasteiger partial charge in [-0.2, -0.15) is 0 Å². The van der Waals surface area contributed by atoms with E-state index in [0.717, 1.165) is 25.7 Å². The predicted octanol–water partition coefficient (Wildman–Crippen LogP) is 4.96. The molecule has 2 heterocycles.